The van der Waals surface area contributed by atoms with Crippen LogP contribution in [-0.4, -0.2) is 58.4 Å². The van der Waals surface area contributed by atoms with Gasteiger partial charge in [0.15, 0.2) is 0 Å². The first kappa shape index (κ1) is 17.0. The first-order chi connectivity index (χ1) is 12.8. The SMILES string of the molecule is COCCNC(=O)N1[C@@H]2CC[C@H]1CC(c1nc(-c3cccnc3)no1)C2. The van der Waals surface area contributed by atoms with Crippen molar-refractivity contribution in [3.8, 4) is 11.4 Å². The minimum atomic E-state index is 0.00887. The Kier molecular flexibility index (Phi) is 4.83. The molecular weight excluding hydrogens is 334 g/mol. The summed E-state index contributed by atoms with van der Waals surface area (Å²) in [6, 6.07) is 4.24. The highest BCUT2D eigenvalue weighted by atomic mass is 16.5. The number of ether oxygens (including phenoxy) is 1. The van der Waals surface area contributed by atoms with Crippen LogP contribution in [0.25, 0.3) is 11.4 Å². The normalized spacial score (nSPS) is 24.7. The molecule has 2 aromatic heterocycles. The molecule has 0 spiro atoms. The number of methoxy groups -OCH3 is 1. The lowest BCUT2D eigenvalue weighted by Gasteiger charge is -2.37. The van der Waals surface area contributed by atoms with Crippen LogP contribution in [0.4, 0.5) is 4.79 Å². The number of rotatable bonds is 5. The summed E-state index contributed by atoms with van der Waals surface area (Å²) >= 11 is 0. The highest BCUT2D eigenvalue weighted by Gasteiger charge is 2.45. The zero-order chi connectivity index (χ0) is 17.9. The van der Waals surface area contributed by atoms with Crippen molar-refractivity contribution < 1.29 is 14.1 Å². The lowest BCUT2D eigenvalue weighted by molar-refractivity contribution is 0.127. The number of fused-ring (bicyclic) bond motifs is 2. The van der Waals surface area contributed by atoms with Crippen molar-refractivity contribution in [1.29, 1.82) is 0 Å². The van der Waals surface area contributed by atoms with Gasteiger partial charge in [0.05, 0.1) is 6.61 Å². The topological polar surface area (TPSA) is 93.4 Å². The van der Waals surface area contributed by atoms with E-state index in [4.69, 9.17) is 9.26 Å². The van der Waals surface area contributed by atoms with Gasteiger partial charge in [0.25, 0.3) is 0 Å². The van der Waals surface area contributed by atoms with E-state index in [1.165, 1.54) is 0 Å². The van der Waals surface area contributed by atoms with Crippen LogP contribution < -0.4 is 5.32 Å². The van der Waals surface area contributed by atoms with Gasteiger partial charge < -0.3 is 19.5 Å². The lowest BCUT2D eigenvalue weighted by Crippen LogP contribution is -2.51. The summed E-state index contributed by atoms with van der Waals surface area (Å²) in [6.45, 7) is 1.06. The average Bonchev–Trinajstić information content (AvgIpc) is 3.26. The third-order valence-electron chi connectivity index (χ3n) is 5.26. The smallest absolute Gasteiger partial charge is 0.317 e. The molecule has 4 rings (SSSR count). The molecule has 26 heavy (non-hydrogen) atoms. The number of pyridine rings is 1. The van der Waals surface area contributed by atoms with Gasteiger partial charge in [0, 0.05) is 49.6 Å². The molecule has 0 radical (unpaired) electrons. The molecular formula is C18H23N5O3. The van der Waals surface area contributed by atoms with Crippen LogP contribution in [0, 0.1) is 0 Å². The molecule has 2 aliphatic rings. The Bertz CT molecular complexity index is 736. The number of amides is 2. The summed E-state index contributed by atoms with van der Waals surface area (Å²) in [5.41, 5.74) is 0.848. The van der Waals surface area contributed by atoms with E-state index < -0.39 is 0 Å². The number of nitrogens with one attached hydrogen (secondary N) is 1. The largest absolute Gasteiger partial charge is 0.383 e. The van der Waals surface area contributed by atoms with E-state index in [9.17, 15) is 4.79 Å². The van der Waals surface area contributed by atoms with Gasteiger partial charge in [0.1, 0.15) is 0 Å². The number of aromatic nitrogens is 3. The van der Waals surface area contributed by atoms with Gasteiger partial charge >= 0.3 is 6.03 Å². The standard InChI is InChI=1S/C18H23N5O3/c1-25-8-7-20-18(24)23-14-4-5-15(23)10-13(9-14)17-21-16(22-26-17)12-3-2-6-19-11-12/h2-3,6,11,13-15H,4-5,7-10H2,1H3,(H,20,24)/t13?,14-,15+. The Balaban J connectivity index is 1.43. The number of carbonyl (C=O) groups is 1. The predicted molar refractivity (Wildman–Crippen MR) is 93.4 cm³/mol. The number of urea groups is 1. The molecule has 2 bridgehead atoms. The molecule has 2 amide bonds. The molecule has 1 N–H and O–H groups in total. The van der Waals surface area contributed by atoms with Crippen LogP contribution in [0.5, 0.6) is 0 Å². The molecule has 3 atom stereocenters. The molecule has 4 heterocycles. The van der Waals surface area contributed by atoms with Crippen LogP contribution in [0.2, 0.25) is 0 Å². The van der Waals surface area contributed by atoms with Crippen molar-refractivity contribution in [2.24, 2.45) is 0 Å². The minimum absolute atomic E-state index is 0.00887. The van der Waals surface area contributed by atoms with Crippen LogP contribution in [0.15, 0.2) is 29.0 Å². The fourth-order valence-electron chi connectivity index (χ4n) is 4.07. The van der Waals surface area contributed by atoms with E-state index in [2.05, 4.69) is 20.4 Å². The second-order valence-electron chi connectivity index (χ2n) is 6.88. The Morgan fingerprint density at radius 1 is 1.38 bits per heavy atom. The molecule has 8 heteroatoms. The first-order valence-corrected chi connectivity index (χ1v) is 9.05. The zero-order valence-electron chi connectivity index (χ0n) is 14.8. The summed E-state index contributed by atoms with van der Waals surface area (Å²) in [6.07, 6.45) is 7.23. The van der Waals surface area contributed by atoms with Gasteiger partial charge in [-0.15, -0.1) is 0 Å². The highest BCUT2D eigenvalue weighted by Crippen LogP contribution is 2.42. The summed E-state index contributed by atoms with van der Waals surface area (Å²) in [5.74, 6) is 1.44. The van der Waals surface area contributed by atoms with Gasteiger partial charge in [-0.2, -0.15) is 4.98 Å². The van der Waals surface area contributed by atoms with Crippen LogP contribution in [0.1, 0.15) is 37.5 Å². The maximum Gasteiger partial charge on any atom is 0.317 e. The Labute approximate surface area is 151 Å². The predicted octanol–water partition coefficient (Wildman–Crippen LogP) is 2.20. The number of hydrogen-bond donors (Lipinski definition) is 1. The third kappa shape index (κ3) is 3.29. The summed E-state index contributed by atoms with van der Waals surface area (Å²) in [5, 5.41) is 7.04. The van der Waals surface area contributed by atoms with Gasteiger partial charge in [-0.3, -0.25) is 4.98 Å². The van der Waals surface area contributed by atoms with Crippen LogP contribution in [0.3, 0.4) is 0 Å². The van der Waals surface area contributed by atoms with Crippen molar-refractivity contribution in [1.82, 2.24) is 25.3 Å². The second-order valence-corrected chi connectivity index (χ2v) is 6.88. The molecule has 2 aromatic rings. The fourth-order valence-corrected chi connectivity index (χ4v) is 4.07. The van der Waals surface area contributed by atoms with Crippen molar-refractivity contribution in [2.75, 3.05) is 20.3 Å². The number of piperidine rings is 1. The third-order valence-corrected chi connectivity index (χ3v) is 5.26. The summed E-state index contributed by atoms with van der Waals surface area (Å²) in [7, 11) is 1.63. The molecule has 1 unspecified atom stereocenters. The van der Waals surface area contributed by atoms with E-state index in [0.717, 1.165) is 31.2 Å². The van der Waals surface area contributed by atoms with E-state index in [1.807, 2.05) is 17.0 Å². The van der Waals surface area contributed by atoms with Crippen molar-refractivity contribution in [2.45, 2.75) is 43.7 Å². The summed E-state index contributed by atoms with van der Waals surface area (Å²) in [4.78, 5) is 23.1. The van der Waals surface area contributed by atoms with Gasteiger partial charge in [-0.25, -0.2) is 4.79 Å². The van der Waals surface area contributed by atoms with Gasteiger partial charge in [-0.1, -0.05) is 5.16 Å². The number of carbonyl (C=O) groups excluding carboxylic acids is 1. The Morgan fingerprint density at radius 3 is 2.88 bits per heavy atom. The molecule has 2 aliphatic heterocycles. The Morgan fingerprint density at radius 2 is 2.19 bits per heavy atom. The van der Waals surface area contributed by atoms with Crippen molar-refractivity contribution in [3.05, 3.63) is 30.4 Å². The molecule has 2 fully saturated rings. The maximum absolute atomic E-state index is 12.5. The van der Waals surface area contributed by atoms with E-state index in [1.54, 1.807) is 19.5 Å². The van der Waals surface area contributed by atoms with Crippen molar-refractivity contribution in [3.63, 3.8) is 0 Å². The van der Waals surface area contributed by atoms with Crippen LogP contribution in [-0.2, 0) is 4.74 Å². The monoisotopic (exact) mass is 357 g/mol. The number of nitrogens with zero attached hydrogens (tertiary/aromatic N) is 4. The maximum atomic E-state index is 12.5. The quantitative estimate of drug-likeness (QED) is 0.825. The molecule has 2 saturated heterocycles. The lowest BCUT2D eigenvalue weighted by atomic mass is 9.91. The van der Waals surface area contributed by atoms with E-state index in [-0.39, 0.29) is 24.0 Å². The summed E-state index contributed by atoms with van der Waals surface area (Å²) < 4.78 is 10.5. The van der Waals surface area contributed by atoms with E-state index in [0.29, 0.717) is 24.9 Å². The van der Waals surface area contributed by atoms with Crippen LogP contribution >= 0.6 is 0 Å². The Hall–Kier alpha value is -2.48. The molecule has 0 aliphatic carbocycles. The molecule has 8 nitrogen and oxygen atoms in total. The van der Waals surface area contributed by atoms with Crippen molar-refractivity contribution >= 4 is 6.03 Å². The highest BCUT2D eigenvalue weighted by molar-refractivity contribution is 5.75. The fraction of sp³-hybridized carbons (Fsp3) is 0.556. The molecule has 0 saturated carbocycles. The molecule has 138 valence electrons. The van der Waals surface area contributed by atoms with Gasteiger partial charge in [-0.05, 0) is 37.8 Å². The first-order valence-electron chi connectivity index (χ1n) is 9.05. The number of hydrogen-bond acceptors (Lipinski definition) is 6. The zero-order valence-corrected chi connectivity index (χ0v) is 14.8. The second kappa shape index (κ2) is 7.41. The average molecular weight is 357 g/mol. The van der Waals surface area contributed by atoms with E-state index >= 15 is 0 Å². The molecule has 0 aromatic carbocycles. The van der Waals surface area contributed by atoms with Gasteiger partial charge in [0.2, 0.25) is 11.7 Å². The minimum Gasteiger partial charge on any atom is -0.383 e.